The number of thiocarbonyl (C=S) groups is 1. The number of rotatable bonds is 5. The van der Waals surface area contributed by atoms with Gasteiger partial charge in [-0.25, -0.2) is 4.79 Å². The molecule has 0 aromatic carbocycles. The smallest absolute Gasteiger partial charge is 0.337 e. The Morgan fingerprint density at radius 3 is 3.00 bits per heavy atom. The molecule has 0 atom stereocenters. The number of allylic oxidation sites excluding steroid dienone is 1. The third-order valence-electron chi connectivity index (χ3n) is 2.87. The van der Waals surface area contributed by atoms with Crippen molar-refractivity contribution < 1.29 is 14.5 Å². The highest BCUT2D eigenvalue weighted by atomic mass is 32.1. The highest BCUT2D eigenvalue weighted by molar-refractivity contribution is 7.80. The fourth-order valence-corrected chi connectivity index (χ4v) is 2.74. The van der Waals surface area contributed by atoms with Crippen LogP contribution in [0, 0.1) is 10.1 Å². The van der Waals surface area contributed by atoms with Crippen LogP contribution in [-0.4, -0.2) is 29.2 Å². The zero-order chi connectivity index (χ0) is 15.4. The zero-order valence-electron chi connectivity index (χ0n) is 11.2. The molecule has 1 aliphatic heterocycles. The molecule has 0 fully saturated rings. The molecule has 1 aromatic heterocycles. The molecule has 7 nitrogen and oxygen atoms in total. The number of esters is 1. The summed E-state index contributed by atoms with van der Waals surface area (Å²) in [6, 6.07) is 1.49. The summed E-state index contributed by atoms with van der Waals surface area (Å²) < 4.78 is 5.18. The molecule has 112 valence electrons. The van der Waals surface area contributed by atoms with E-state index < -0.39 is 10.9 Å². The van der Waals surface area contributed by atoms with Crippen LogP contribution in [0.4, 0.5) is 5.00 Å². The lowest BCUT2D eigenvalue weighted by Crippen LogP contribution is -2.43. The van der Waals surface area contributed by atoms with Gasteiger partial charge in [0.15, 0.2) is 5.11 Å². The molecule has 0 amide bonds. The zero-order valence-corrected chi connectivity index (χ0v) is 12.8. The van der Waals surface area contributed by atoms with E-state index in [0.717, 1.165) is 16.9 Å². The molecule has 1 aromatic rings. The fourth-order valence-electron chi connectivity index (χ4n) is 1.75. The third kappa shape index (κ3) is 3.99. The van der Waals surface area contributed by atoms with Crippen LogP contribution in [0.5, 0.6) is 0 Å². The van der Waals surface area contributed by atoms with Gasteiger partial charge in [0.05, 0.1) is 23.6 Å². The predicted octanol–water partition coefficient (Wildman–Crippen LogP) is 1.49. The van der Waals surface area contributed by atoms with Crippen LogP contribution in [0.15, 0.2) is 22.7 Å². The second-order valence-electron chi connectivity index (χ2n) is 4.35. The van der Waals surface area contributed by atoms with E-state index in [4.69, 9.17) is 17.0 Å². The fraction of sp³-hybridized carbons (Fsp3) is 0.333. The lowest BCUT2D eigenvalue weighted by atomic mass is 10.2. The topological polar surface area (TPSA) is 93.5 Å². The Morgan fingerprint density at radius 2 is 2.38 bits per heavy atom. The summed E-state index contributed by atoms with van der Waals surface area (Å²) in [5.41, 5.74) is 1.96. The van der Waals surface area contributed by atoms with Gasteiger partial charge in [-0.1, -0.05) is 11.3 Å². The van der Waals surface area contributed by atoms with Crippen molar-refractivity contribution in [3.05, 3.63) is 38.4 Å². The molecule has 0 aliphatic carbocycles. The lowest BCUT2D eigenvalue weighted by molar-refractivity contribution is -0.380. The van der Waals surface area contributed by atoms with Crippen LogP contribution in [-0.2, 0) is 16.0 Å². The van der Waals surface area contributed by atoms with E-state index in [1.165, 1.54) is 6.07 Å². The number of carbonyl (C=O) groups is 1. The Labute approximate surface area is 130 Å². The molecule has 0 saturated heterocycles. The number of ether oxygens (including phenoxy) is 1. The first-order chi connectivity index (χ1) is 9.97. The SMILES string of the molecule is CC1=C(C(=O)OCCc2csc([N+](=O)[O-])c2)CNC(=S)N1. The molecule has 0 radical (unpaired) electrons. The van der Waals surface area contributed by atoms with Crippen molar-refractivity contribution in [3.63, 3.8) is 0 Å². The normalized spacial score (nSPS) is 14.4. The summed E-state index contributed by atoms with van der Waals surface area (Å²) in [6.07, 6.45) is 0.446. The summed E-state index contributed by atoms with van der Waals surface area (Å²) in [5, 5.41) is 18.5. The van der Waals surface area contributed by atoms with Gasteiger partial charge in [0.1, 0.15) is 0 Å². The van der Waals surface area contributed by atoms with Gasteiger partial charge < -0.3 is 15.4 Å². The number of nitro groups is 1. The van der Waals surface area contributed by atoms with Crippen molar-refractivity contribution in [1.82, 2.24) is 10.6 Å². The summed E-state index contributed by atoms with van der Waals surface area (Å²) in [5.74, 6) is -0.417. The molecular formula is C12H13N3O4S2. The van der Waals surface area contributed by atoms with E-state index in [9.17, 15) is 14.9 Å². The summed E-state index contributed by atoms with van der Waals surface area (Å²) in [4.78, 5) is 22.0. The number of nitrogens with one attached hydrogen (secondary N) is 2. The molecule has 2 rings (SSSR count). The number of hydrogen-bond donors (Lipinski definition) is 2. The first kappa shape index (κ1) is 15.4. The molecule has 0 saturated carbocycles. The van der Waals surface area contributed by atoms with E-state index in [-0.39, 0.29) is 11.6 Å². The third-order valence-corrected chi connectivity index (χ3v) is 4.04. The molecule has 21 heavy (non-hydrogen) atoms. The quantitative estimate of drug-likeness (QED) is 0.366. The first-order valence-corrected chi connectivity index (χ1v) is 7.39. The standard InChI is InChI=1S/C12H13N3O4S2/c1-7-9(5-13-12(20)14-7)11(16)19-3-2-8-4-10(15(17)18)21-6-8/h4,6H,2-3,5H2,1H3,(H2,13,14,20). The van der Waals surface area contributed by atoms with Gasteiger partial charge in [-0.15, -0.1) is 0 Å². The summed E-state index contributed by atoms with van der Waals surface area (Å²) in [7, 11) is 0. The van der Waals surface area contributed by atoms with Crippen LogP contribution < -0.4 is 10.6 Å². The maximum Gasteiger partial charge on any atom is 0.337 e. The van der Waals surface area contributed by atoms with Crippen molar-refractivity contribution in [1.29, 1.82) is 0 Å². The van der Waals surface area contributed by atoms with Gasteiger partial charge in [0, 0.05) is 23.6 Å². The molecule has 2 heterocycles. The molecule has 9 heteroatoms. The molecule has 0 bridgehead atoms. The second-order valence-corrected chi connectivity index (χ2v) is 5.65. The van der Waals surface area contributed by atoms with Crippen LogP contribution >= 0.6 is 23.6 Å². The Bertz CT molecular complexity index is 624. The maximum atomic E-state index is 11.9. The van der Waals surface area contributed by atoms with Gasteiger partial charge >= 0.3 is 11.0 Å². The van der Waals surface area contributed by atoms with E-state index >= 15 is 0 Å². The average molecular weight is 327 g/mol. The Morgan fingerprint density at radius 1 is 1.62 bits per heavy atom. The van der Waals surface area contributed by atoms with E-state index in [1.54, 1.807) is 12.3 Å². The van der Waals surface area contributed by atoms with E-state index in [2.05, 4.69) is 10.6 Å². The summed E-state index contributed by atoms with van der Waals surface area (Å²) >= 11 is 6.00. The van der Waals surface area contributed by atoms with Gasteiger partial charge in [-0.05, 0) is 24.7 Å². The molecular weight excluding hydrogens is 314 g/mol. The molecule has 1 aliphatic rings. The number of hydrogen-bond acceptors (Lipinski definition) is 6. The van der Waals surface area contributed by atoms with Crippen molar-refractivity contribution in [3.8, 4) is 0 Å². The summed E-state index contributed by atoms with van der Waals surface area (Å²) in [6.45, 7) is 2.26. The van der Waals surface area contributed by atoms with Crippen molar-refractivity contribution in [2.24, 2.45) is 0 Å². The largest absolute Gasteiger partial charge is 0.462 e. The number of nitrogens with zero attached hydrogens (tertiary/aromatic N) is 1. The maximum absolute atomic E-state index is 11.9. The molecule has 0 spiro atoms. The van der Waals surface area contributed by atoms with Gasteiger partial charge in [0.2, 0.25) is 0 Å². The first-order valence-electron chi connectivity index (χ1n) is 6.11. The minimum Gasteiger partial charge on any atom is -0.462 e. The van der Waals surface area contributed by atoms with Crippen LogP contribution in [0.3, 0.4) is 0 Å². The lowest BCUT2D eigenvalue weighted by Gasteiger charge is -2.20. The average Bonchev–Trinajstić information content (AvgIpc) is 2.87. The van der Waals surface area contributed by atoms with Crippen molar-refractivity contribution >= 4 is 39.6 Å². The molecule has 2 N–H and O–H groups in total. The van der Waals surface area contributed by atoms with E-state index in [0.29, 0.717) is 29.3 Å². The van der Waals surface area contributed by atoms with Crippen molar-refractivity contribution in [2.45, 2.75) is 13.3 Å². The van der Waals surface area contributed by atoms with Crippen LogP contribution in [0.1, 0.15) is 12.5 Å². The number of thiophene rings is 1. The minimum atomic E-state index is -0.434. The Kier molecular flexibility index (Phi) is 4.86. The molecule has 0 unspecified atom stereocenters. The predicted molar refractivity (Wildman–Crippen MR) is 82.1 cm³/mol. The highest BCUT2D eigenvalue weighted by Gasteiger charge is 2.19. The minimum absolute atomic E-state index is 0.0871. The van der Waals surface area contributed by atoms with Crippen LogP contribution in [0.25, 0.3) is 0 Å². The highest BCUT2D eigenvalue weighted by Crippen LogP contribution is 2.22. The monoisotopic (exact) mass is 327 g/mol. The Balaban J connectivity index is 1.85. The van der Waals surface area contributed by atoms with Crippen LogP contribution in [0.2, 0.25) is 0 Å². The van der Waals surface area contributed by atoms with Gasteiger partial charge in [-0.2, -0.15) is 0 Å². The second kappa shape index (κ2) is 6.64. The van der Waals surface area contributed by atoms with Gasteiger partial charge in [0.25, 0.3) is 0 Å². The Hall–Kier alpha value is -2.00. The van der Waals surface area contributed by atoms with Crippen molar-refractivity contribution in [2.75, 3.05) is 13.2 Å². The number of carbonyl (C=O) groups excluding carboxylic acids is 1. The van der Waals surface area contributed by atoms with Gasteiger partial charge in [-0.3, -0.25) is 10.1 Å². The van der Waals surface area contributed by atoms with E-state index in [1.807, 2.05) is 0 Å².